The van der Waals surface area contributed by atoms with Crippen molar-refractivity contribution in [1.82, 2.24) is 0 Å². The normalized spacial score (nSPS) is 16.9. The van der Waals surface area contributed by atoms with Crippen LogP contribution >= 0.6 is 0 Å². The first kappa shape index (κ1) is 24.7. The summed E-state index contributed by atoms with van der Waals surface area (Å²) in [5.74, 6) is 3.63. The molecule has 2 atom stereocenters. The van der Waals surface area contributed by atoms with Gasteiger partial charge in [-0.15, -0.1) is 0 Å². The Morgan fingerprint density at radius 1 is 0.861 bits per heavy atom. The smallest absolute Gasteiger partial charge is 0.337 e. The fourth-order valence-electron chi connectivity index (χ4n) is 4.11. The van der Waals surface area contributed by atoms with Crippen LogP contribution in [0.5, 0.6) is 0 Å². The summed E-state index contributed by atoms with van der Waals surface area (Å²) < 4.78 is 11.1. The van der Waals surface area contributed by atoms with Crippen LogP contribution in [0.3, 0.4) is 0 Å². The van der Waals surface area contributed by atoms with Crippen molar-refractivity contribution in [3.8, 4) is 11.8 Å². The molecule has 0 aromatic heterocycles. The van der Waals surface area contributed by atoms with Crippen molar-refractivity contribution in [3.63, 3.8) is 0 Å². The van der Waals surface area contributed by atoms with E-state index in [1.165, 1.54) is 0 Å². The van der Waals surface area contributed by atoms with E-state index < -0.39 is 23.8 Å². The lowest BCUT2D eigenvalue weighted by molar-refractivity contribution is -0.146. The molecule has 0 saturated carbocycles. The second kappa shape index (κ2) is 11.8. The van der Waals surface area contributed by atoms with Gasteiger partial charge in [0.25, 0.3) is 0 Å². The van der Waals surface area contributed by atoms with Gasteiger partial charge in [0.2, 0.25) is 0 Å². The highest BCUT2D eigenvalue weighted by Crippen LogP contribution is 2.34. The van der Waals surface area contributed by atoms with Gasteiger partial charge in [-0.2, -0.15) is 0 Å². The Hall–Kier alpha value is -4.43. The second-order valence-electron chi connectivity index (χ2n) is 8.27. The minimum atomic E-state index is -0.883. The molecule has 0 saturated heterocycles. The average molecular weight is 478 g/mol. The summed E-state index contributed by atoms with van der Waals surface area (Å²) in [6, 6.07) is 28.3. The third-order valence-corrected chi connectivity index (χ3v) is 5.81. The van der Waals surface area contributed by atoms with Crippen LogP contribution in [0.25, 0.3) is 0 Å². The van der Waals surface area contributed by atoms with Crippen LogP contribution < -0.4 is 0 Å². The number of hydrogen-bond donors (Lipinski definition) is 0. The molecular formula is C31H27NO4. The van der Waals surface area contributed by atoms with Gasteiger partial charge in [0, 0.05) is 11.3 Å². The maximum atomic E-state index is 13.4. The summed E-state index contributed by atoms with van der Waals surface area (Å²) in [4.78, 5) is 31.4. The van der Waals surface area contributed by atoms with Crippen molar-refractivity contribution >= 4 is 17.7 Å². The molecule has 5 nitrogen and oxygen atoms in total. The van der Waals surface area contributed by atoms with Crippen LogP contribution in [0.1, 0.15) is 30.5 Å². The predicted molar refractivity (Wildman–Crippen MR) is 139 cm³/mol. The van der Waals surface area contributed by atoms with Gasteiger partial charge in [-0.1, -0.05) is 90.7 Å². The molecule has 0 bridgehead atoms. The highest BCUT2D eigenvalue weighted by molar-refractivity contribution is 6.15. The van der Waals surface area contributed by atoms with Crippen molar-refractivity contribution in [2.45, 2.75) is 20.5 Å². The molecule has 36 heavy (non-hydrogen) atoms. The van der Waals surface area contributed by atoms with Gasteiger partial charge >= 0.3 is 11.9 Å². The maximum Gasteiger partial charge on any atom is 0.337 e. The van der Waals surface area contributed by atoms with Crippen molar-refractivity contribution in [2.24, 2.45) is 16.8 Å². The number of allylic oxidation sites excluding steroid dienone is 1. The monoisotopic (exact) mass is 477 g/mol. The summed E-state index contributed by atoms with van der Waals surface area (Å²) in [5, 5.41) is 0. The molecular weight excluding hydrogens is 450 g/mol. The third-order valence-electron chi connectivity index (χ3n) is 5.81. The first-order valence-corrected chi connectivity index (χ1v) is 11.9. The maximum absolute atomic E-state index is 13.4. The zero-order valence-corrected chi connectivity index (χ0v) is 20.3. The molecule has 2 unspecified atom stereocenters. The Morgan fingerprint density at radius 3 is 2.11 bits per heavy atom. The first-order valence-electron chi connectivity index (χ1n) is 11.9. The molecule has 0 aliphatic carbocycles. The topological polar surface area (TPSA) is 65.0 Å². The van der Waals surface area contributed by atoms with Crippen LogP contribution in [-0.2, 0) is 25.7 Å². The van der Waals surface area contributed by atoms with Gasteiger partial charge in [-0.25, -0.2) is 4.79 Å². The Bertz CT molecular complexity index is 1330. The zero-order chi connectivity index (χ0) is 25.3. The van der Waals surface area contributed by atoms with Crippen LogP contribution in [0.15, 0.2) is 107 Å². The number of hydrogen-bond acceptors (Lipinski definition) is 5. The highest BCUT2D eigenvalue weighted by Gasteiger charge is 2.42. The van der Waals surface area contributed by atoms with Gasteiger partial charge in [-0.3, -0.25) is 9.79 Å². The molecule has 1 heterocycles. The van der Waals surface area contributed by atoms with E-state index >= 15 is 0 Å². The van der Waals surface area contributed by atoms with Gasteiger partial charge in [0.1, 0.15) is 12.5 Å². The summed E-state index contributed by atoms with van der Waals surface area (Å²) in [6.45, 7) is 3.81. The summed E-state index contributed by atoms with van der Waals surface area (Å²) in [7, 11) is 0. The van der Waals surface area contributed by atoms with Gasteiger partial charge in [0.15, 0.2) is 0 Å². The fourth-order valence-corrected chi connectivity index (χ4v) is 4.11. The van der Waals surface area contributed by atoms with E-state index in [0.717, 1.165) is 16.7 Å². The highest BCUT2D eigenvalue weighted by atomic mass is 16.5. The molecule has 180 valence electrons. The standard InChI is InChI=1S/C31H27NO4/c1-3-35-31(34)28-26(20-19-23-13-7-4-8-14-23)27(30(33)36-21-24-15-9-5-10-16-24)22(2)32-29(28)25-17-11-6-12-18-25/h4-18,26,28H,3,21H2,1-2H3. The fraction of sp³-hybridized carbons (Fsp3) is 0.194. The van der Waals surface area contributed by atoms with E-state index in [4.69, 9.17) is 14.5 Å². The van der Waals surface area contributed by atoms with Gasteiger partial charge < -0.3 is 9.47 Å². The quantitative estimate of drug-likeness (QED) is 0.354. The predicted octanol–water partition coefficient (Wildman–Crippen LogP) is 5.35. The van der Waals surface area contributed by atoms with Crippen molar-refractivity contribution in [2.75, 3.05) is 6.61 Å². The number of ether oxygens (including phenoxy) is 2. The van der Waals surface area contributed by atoms with Crippen molar-refractivity contribution in [1.29, 1.82) is 0 Å². The largest absolute Gasteiger partial charge is 0.465 e. The second-order valence-corrected chi connectivity index (χ2v) is 8.27. The van der Waals surface area contributed by atoms with E-state index in [0.29, 0.717) is 11.4 Å². The molecule has 1 aliphatic heterocycles. The number of esters is 2. The zero-order valence-electron chi connectivity index (χ0n) is 20.3. The molecule has 5 heteroatoms. The number of benzene rings is 3. The minimum Gasteiger partial charge on any atom is -0.465 e. The Morgan fingerprint density at radius 2 is 1.47 bits per heavy atom. The van der Waals surface area contributed by atoms with E-state index in [9.17, 15) is 9.59 Å². The molecule has 0 radical (unpaired) electrons. The molecule has 1 aliphatic rings. The molecule has 0 fully saturated rings. The average Bonchev–Trinajstić information content (AvgIpc) is 2.92. The molecule has 0 amide bonds. The van der Waals surface area contributed by atoms with E-state index in [-0.39, 0.29) is 18.8 Å². The number of aliphatic imine (C=N–C) groups is 1. The molecule has 0 spiro atoms. The molecule has 4 rings (SSSR count). The number of rotatable bonds is 6. The Balaban J connectivity index is 1.79. The van der Waals surface area contributed by atoms with Gasteiger partial charge in [-0.05, 0) is 37.1 Å². The minimum absolute atomic E-state index is 0.106. The summed E-state index contributed by atoms with van der Waals surface area (Å²) in [5.41, 5.74) is 3.68. The summed E-state index contributed by atoms with van der Waals surface area (Å²) in [6.07, 6.45) is 0. The lowest BCUT2D eigenvalue weighted by Crippen LogP contribution is -2.39. The van der Waals surface area contributed by atoms with Crippen molar-refractivity contribution < 1.29 is 19.1 Å². The van der Waals surface area contributed by atoms with Crippen LogP contribution in [0, 0.1) is 23.7 Å². The van der Waals surface area contributed by atoms with Crippen LogP contribution in [-0.4, -0.2) is 24.3 Å². The molecule has 3 aromatic carbocycles. The van der Waals surface area contributed by atoms with E-state index in [1.54, 1.807) is 13.8 Å². The lowest BCUT2D eigenvalue weighted by atomic mass is 9.77. The van der Waals surface area contributed by atoms with Crippen LogP contribution in [0.4, 0.5) is 0 Å². The number of carbonyl (C=O) groups excluding carboxylic acids is 2. The Kier molecular flexibility index (Phi) is 8.10. The SMILES string of the molecule is CCOC(=O)C1C(c2ccccc2)=NC(C)=C(C(=O)OCc2ccccc2)C1C#Cc1ccccc1. The molecule has 0 N–H and O–H groups in total. The molecule has 3 aromatic rings. The Labute approximate surface area is 211 Å². The number of carbonyl (C=O) groups is 2. The van der Waals surface area contributed by atoms with Crippen LogP contribution in [0.2, 0.25) is 0 Å². The van der Waals surface area contributed by atoms with E-state index in [2.05, 4.69) is 11.8 Å². The van der Waals surface area contributed by atoms with Gasteiger partial charge in [0.05, 0.1) is 23.8 Å². The third kappa shape index (κ3) is 5.79. The van der Waals surface area contributed by atoms with Crippen molar-refractivity contribution in [3.05, 3.63) is 119 Å². The first-order chi connectivity index (χ1) is 17.6. The number of nitrogens with zero attached hydrogens (tertiary/aromatic N) is 1. The lowest BCUT2D eigenvalue weighted by Gasteiger charge is -2.29. The van der Waals surface area contributed by atoms with E-state index in [1.807, 2.05) is 91.0 Å². The summed E-state index contributed by atoms with van der Waals surface area (Å²) >= 11 is 0.